The van der Waals surface area contributed by atoms with Gasteiger partial charge in [0.15, 0.2) is 0 Å². The molecule has 0 aliphatic heterocycles. The molecule has 1 aromatic carbocycles. The third-order valence-corrected chi connectivity index (χ3v) is 4.70. The highest BCUT2D eigenvalue weighted by atomic mass is 32.2. The van der Waals surface area contributed by atoms with E-state index in [0.717, 1.165) is 0 Å². The van der Waals surface area contributed by atoms with Crippen LogP contribution in [0.5, 0.6) is 0 Å². The van der Waals surface area contributed by atoms with Gasteiger partial charge in [-0.05, 0) is 30.7 Å². The molecule has 0 fully saturated rings. The molecule has 0 amide bonds. The first-order valence-electron chi connectivity index (χ1n) is 5.54. The van der Waals surface area contributed by atoms with Crippen molar-refractivity contribution in [1.82, 2.24) is 4.72 Å². The van der Waals surface area contributed by atoms with Crippen molar-refractivity contribution in [3.63, 3.8) is 0 Å². The highest BCUT2D eigenvalue weighted by Crippen LogP contribution is 2.08. The SMILES string of the molecule is NCCCS(=O)(=O)NCc1ccc(S(N)(=O)=O)cc1. The van der Waals surface area contributed by atoms with Crippen LogP contribution >= 0.6 is 0 Å². The predicted molar refractivity (Wildman–Crippen MR) is 72.1 cm³/mol. The average molecular weight is 307 g/mol. The second kappa shape index (κ2) is 6.44. The number of rotatable bonds is 7. The van der Waals surface area contributed by atoms with E-state index >= 15 is 0 Å². The number of benzene rings is 1. The van der Waals surface area contributed by atoms with Crippen LogP contribution in [0.3, 0.4) is 0 Å². The second-order valence-corrected chi connectivity index (χ2v) is 7.46. The van der Waals surface area contributed by atoms with Gasteiger partial charge in [-0.15, -0.1) is 0 Å². The molecule has 0 bridgehead atoms. The van der Waals surface area contributed by atoms with E-state index in [4.69, 9.17) is 10.9 Å². The van der Waals surface area contributed by atoms with Gasteiger partial charge in [-0.3, -0.25) is 0 Å². The molecule has 0 unspecified atom stereocenters. The zero-order valence-corrected chi connectivity index (χ0v) is 11.9. The Kier molecular flexibility index (Phi) is 5.44. The Hall–Kier alpha value is -1.00. The van der Waals surface area contributed by atoms with Crippen molar-refractivity contribution in [2.24, 2.45) is 10.9 Å². The van der Waals surface area contributed by atoms with Crippen LogP contribution in [0, 0.1) is 0 Å². The summed E-state index contributed by atoms with van der Waals surface area (Å²) < 4.78 is 47.5. The van der Waals surface area contributed by atoms with Crippen LogP contribution in [0.15, 0.2) is 29.2 Å². The van der Waals surface area contributed by atoms with Crippen molar-refractivity contribution in [2.45, 2.75) is 17.9 Å². The van der Waals surface area contributed by atoms with Crippen LogP contribution in [0.4, 0.5) is 0 Å². The number of primary sulfonamides is 1. The Morgan fingerprint density at radius 3 is 2.11 bits per heavy atom. The number of nitrogens with two attached hydrogens (primary N) is 2. The van der Waals surface area contributed by atoms with Gasteiger partial charge in [0, 0.05) is 6.54 Å². The fraction of sp³-hybridized carbons (Fsp3) is 0.400. The van der Waals surface area contributed by atoms with E-state index in [1.54, 1.807) is 0 Å². The second-order valence-electron chi connectivity index (χ2n) is 3.97. The summed E-state index contributed by atoms with van der Waals surface area (Å²) in [6.07, 6.45) is 0.389. The highest BCUT2D eigenvalue weighted by molar-refractivity contribution is 7.89. The Labute approximate surface area is 113 Å². The smallest absolute Gasteiger partial charge is 0.238 e. The molecule has 0 aliphatic carbocycles. The predicted octanol–water partition coefficient (Wildman–Crippen LogP) is -0.898. The van der Waals surface area contributed by atoms with Crippen molar-refractivity contribution < 1.29 is 16.8 Å². The molecule has 0 saturated heterocycles. The van der Waals surface area contributed by atoms with Crippen LogP contribution in [0.25, 0.3) is 0 Å². The van der Waals surface area contributed by atoms with Crippen molar-refractivity contribution in [2.75, 3.05) is 12.3 Å². The van der Waals surface area contributed by atoms with E-state index in [0.29, 0.717) is 18.5 Å². The molecule has 0 heterocycles. The zero-order chi connectivity index (χ0) is 14.5. The molecule has 0 aliphatic rings. The van der Waals surface area contributed by atoms with Gasteiger partial charge in [0.1, 0.15) is 0 Å². The molecule has 0 radical (unpaired) electrons. The zero-order valence-electron chi connectivity index (χ0n) is 10.2. The lowest BCUT2D eigenvalue weighted by molar-refractivity contribution is 0.578. The van der Waals surface area contributed by atoms with Gasteiger partial charge in [-0.2, -0.15) is 0 Å². The Morgan fingerprint density at radius 2 is 1.63 bits per heavy atom. The van der Waals surface area contributed by atoms with E-state index in [1.807, 2.05) is 0 Å². The minimum absolute atomic E-state index is 0.0118. The van der Waals surface area contributed by atoms with Crippen LogP contribution < -0.4 is 15.6 Å². The van der Waals surface area contributed by atoms with Crippen LogP contribution in [0.2, 0.25) is 0 Å². The lowest BCUT2D eigenvalue weighted by atomic mass is 10.2. The Morgan fingerprint density at radius 1 is 1.05 bits per heavy atom. The van der Waals surface area contributed by atoms with Gasteiger partial charge >= 0.3 is 0 Å². The fourth-order valence-corrected chi connectivity index (χ4v) is 2.93. The molecule has 108 valence electrons. The van der Waals surface area contributed by atoms with E-state index < -0.39 is 20.0 Å². The van der Waals surface area contributed by atoms with Crippen LogP contribution in [-0.2, 0) is 26.6 Å². The summed E-state index contributed by atoms with van der Waals surface area (Å²) in [5.41, 5.74) is 5.88. The number of hydrogen-bond donors (Lipinski definition) is 3. The van der Waals surface area contributed by atoms with E-state index in [1.165, 1.54) is 24.3 Å². The van der Waals surface area contributed by atoms with Crippen LogP contribution in [-0.4, -0.2) is 29.1 Å². The first-order chi connectivity index (χ1) is 8.74. The molecule has 5 N–H and O–H groups in total. The lowest BCUT2D eigenvalue weighted by Crippen LogP contribution is -2.27. The number of sulfonamides is 2. The fourth-order valence-electron chi connectivity index (χ4n) is 1.34. The van der Waals surface area contributed by atoms with Gasteiger partial charge in [-0.1, -0.05) is 12.1 Å². The molecular formula is C10H17N3O4S2. The molecular weight excluding hydrogens is 290 g/mol. The monoisotopic (exact) mass is 307 g/mol. The van der Waals surface area contributed by atoms with Gasteiger partial charge in [0.25, 0.3) is 0 Å². The summed E-state index contributed by atoms with van der Waals surface area (Å²) in [4.78, 5) is -0.0118. The topological polar surface area (TPSA) is 132 Å². The first kappa shape index (κ1) is 16.1. The maximum atomic E-state index is 11.5. The third kappa shape index (κ3) is 5.66. The van der Waals surface area contributed by atoms with Crippen molar-refractivity contribution in [3.8, 4) is 0 Å². The molecule has 0 spiro atoms. The molecule has 0 saturated carbocycles. The summed E-state index contributed by atoms with van der Waals surface area (Å²) in [6, 6.07) is 5.67. The maximum absolute atomic E-state index is 11.5. The van der Waals surface area contributed by atoms with Crippen molar-refractivity contribution >= 4 is 20.0 Å². The standard InChI is InChI=1S/C10H17N3O4S2/c11-6-1-7-18(14,15)13-8-9-2-4-10(5-3-9)19(12,16)17/h2-5,13H,1,6-8,11H2,(H2,12,16,17). The number of hydrogen-bond acceptors (Lipinski definition) is 5. The van der Waals surface area contributed by atoms with Gasteiger partial charge < -0.3 is 5.73 Å². The van der Waals surface area contributed by atoms with E-state index in [9.17, 15) is 16.8 Å². The average Bonchev–Trinajstić information content (AvgIpc) is 2.34. The number of nitrogens with one attached hydrogen (secondary N) is 1. The third-order valence-electron chi connectivity index (χ3n) is 2.37. The van der Waals surface area contributed by atoms with Crippen LogP contribution in [0.1, 0.15) is 12.0 Å². The summed E-state index contributed by atoms with van der Waals surface area (Å²) in [7, 11) is -7.08. The molecule has 7 nitrogen and oxygen atoms in total. The molecule has 0 aromatic heterocycles. The van der Waals surface area contributed by atoms with Gasteiger partial charge in [-0.25, -0.2) is 26.7 Å². The minimum Gasteiger partial charge on any atom is -0.330 e. The quantitative estimate of drug-likeness (QED) is 0.600. The summed E-state index contributed by atoms with van der Waals surface area (Å²) >= 11 is 0. The van der Waals surface area contributed by atoms with E-state index in [2.05, 4.69) is 4.72 Å². The van der Waals surface area contributed by atoms with E-state index in [-0.39, 0.29) is 17.2 Å². The Bertz CT molecular complexity index is 609. The maximum Gasteiger partial charge on any atom is 0.238 e. The first-order valence-corrected chi connectivity index (χ1v) is 8.73. The lowest BCUT2D eigenvalue weighted by Gasteiger charge is -2.06. The van der Waals surface area contributed by atoms with Crippen molar-refractivity contribution in [3.05, 3.63) is 29.8 Å². The molecule has 0 atom stereocenters. The molecule has 19 heavy (non-hydrogen) atoms. The summed E-state index contributed by atoms with van der Waals surface area (Å²) in [5.74, 6) is -0.0290. The highest BCUT2D eigenvalue weighted by Gasteiger charge is 2.10. The van der Waals surface area contributed by atoms with Gasteiger partial charge in [0.05, 0.1) is 10.6 Å². The largest absolute Gasteiger partial charge is 0.330 e. The molecule has 9 heteroatoms. The minimum atomic E-state index is -3.73. The normalized spacial score (nSPS) is 12.5. The van der Waals surface area contributed by atoms with Crippen molar-refractivity contribution in [1.29, 1.82) is 0 Å². The summed E-state index contributed by atoms with van der Waals surface area (Å²) in [5, 5.41) is 4.95. The molecule has 1 rings (SSSR count). The molecule has 1 aromatic rings. The Balaban J connectivity index is 2.65. The van der Waals surface area contributed by atoms with Gasteiger partial charge in [0.2, 0.25) is 20.0 Å². The summed E-state index contributed by atoms with van der Waals surface area (Å²) in [6.45, 7) is 0.405.